The van der Waals surface area contributed by atoms with E-state index in [0.717, 1.165) is 0 Å². The summed E-state index contributed by atoms with van der Waals surface area (Å²) in [5, 5.41) is 0. The molecule has 0 aliphatic rings. The lowest BCUT2D eigenvalue weighted by atomic mass is 10.3. The molecule has 0 aromatic heterocycles. The van der Waals surface area contributed by atoms with Crippen LogP contribution in [0.3, 0.4) is 0 Å². The molecule has 0 unspecified atom stereocenters. The lowest BCUT2D eigenvalue weighted by Crippen LogP contribution is -2.09. The molecule has 0 aliphatic carbocycles. The minimum absolute atomic E-state index is 0.0497. The molecule has 0 fully saturated rings. The Hall–Kier alpha value is -0.400. The normalized spacial score (nSPS) is 12.2. The monoisotopic (exact) mass is 508 g/mol. The van der Waals surface area contributed by atoms with Crippen LogP contribution in [0.1, 0.15) is 12.8 Å². The summed E-state index contributed by atoms with van der Waals surface area (Å²) < 4.78 is 74.8. The summed E-state index contributed by atoms with van der Waals surface area (Å²) in [6.45, 7) is 0.0994. The number of benzene rings is 1. The van der Waals surface area contributed by atoms with Gasteiger partial charge in [0.15, 0.2) is 0 Å². The highest BCUT2D eigenvalue weighted by Gasteiger charge is 2.09. The van der Waals surface area contributed by atoms with Gasteiger partial charge in [-0.05, 0) is 56.8 Å². The second kappa shape index (κ2) is 9.34. The molecule has 1 aromatic rings. The highest BCUT2D eigenvalue weighted by atomic mass is 79.9. The van der Waals surface area contributed by atoms with Crippen LogP contribution < -0.4 is 9.47 Å². The summed E-state index contributed by atoms with van der Waals surface area (Å²) >= 11 is 6.52. The first kappa shape index (κ1) is 21.6. The maximum Gasteiger partial charge on any atom is 0.134 e. The van der Waals surface area contributed by atoms with Gasteiger partial charge in [0.2, 0.25) is 0 Å². The fourth-order valence-electron chi connectivity index (χ4n) is 1.57. The van der Waals surface area contributed by atoms with Crippen LogP contribution in [0.25, 0.3) is 0 Å². The van der Waals surface area contributed by atoms with E-state index in [1.165, 1.54) is 0 Å². The van der Waals surface area contributed by atoms with Crippen molar-refractivity contribution in [2.75, 3.05) is 24.7 Å². The van der Waals surface area contributed by atoms with Gasteiger partial charge in [0.25, 0.3) is 0 Å². The van der Waals surface area contributed by atoms with Gasteiger partial charge >= 0.3 is 0 Å². The highest BCUT2D eigenvalue weighted by Crippen LogP contribution is 2.36. The van der Waals surface area contributed by atoms with E-state index in [1.54, 1.807) is 12.1 Å². The summed E-state index contributed by atoms with van der Waals surface area (Å²) in [6.07, 6.45) is 0.135. The first-order valence-corrected chi connectivity index (χ1v) is 11.3. The van der Waals surface area contributed by atoms with Crippen molar-refractivity contribution in [3.63, 3.8) is 0 Å². The van der Waals surface area contributed by atoms with E-state index in [4.69, 9.17) is 9.47 Å². The number of rotatable bonds is 10. The van der Waals surface area contributed by atoms with Crippen molar-refractivity contribution in [2.45, 2.75) is 12.8 Å². The molecule has 0 saturated carbocycles. The van der Waals surface area contributed by atoms with Gasteiger partial charge in [-0.1, -0.05) is 0 Å². The zero-order valence-electron chi connectivity index (χ0n) is 12.2. The average molecular weight is 510 g/mol. The quantitative estimate of drug-likeness (QED) is 0.344. The minimum atomic E-state index is -4.26. The molecule has 0 atom stereocenters. The third-order valence-corrected chi connectivity index (χ3v) is 5.40. The Balaban J connectivity index is 2.56. The predicted octanol–water partition coefficient (Wildman–Crippen LogP) is 1.84. The Morgan fingerprint density at radius 1 is 0.792 bits per heavy atom. The van der Waals surface area contributed by atoms with Gasteiger partial charge in [0.05, 0.1) is 42.4 Å². The standard InChI is InChI=1S/C12H16Br2O8S2/c13-9-8-12(22-4-2-6-24(18,19)20)10(14)7-11(9)21-3-1-5-23(15,16)17/h7-8H,1-6H2,(H,15,16,17)(H,18,19,20)/p-2. The summed E-state index contributed by atoms with van der Waals surface area (Å²) in [7, 11) is -8.53. The van der Waals surface area contributed by atoms with Crippen LogP contribution in [0, 0.1) is 0 Å². The van der Waals surface area contributed by atoms with Gasteiger partial charge in [-0.2, -0.15) is 0 Å². The minimum Gasteiger partial charge on any atom is -0.748 e. The molecule has 0 bridgehead atoms. The number of ether oxygens (including phenoxy) is 2. The van der Waals surface area contributed by atoms with Gasteiger partial charge < -0.3 is 18.6 Å². The zero-order chi connectivity index (χ0) is 18.4. The molecule has 0 aliphatic heterocycles. The zero-order valence-corrected chi connectivity index (χ0v) is 17.0. The van der Waals surface area contributed by atoms with Crippen LogP contribution in [-0.4, -0.2) is 50.7 Å². The second-order valence-corrected chi connectivity index (χ2v) is 9.40. The van der Waals surface area contributed by atoms with Crippen molar-refractivity contribution in [1.29, 1.82) is 0 Å². The van der Waals surface area contributed by atoms with Gasteiger partial charge in [0, 0.05) is 11.5 Å². The van der Waals surface area contributed by atoms with Crippen molar-refractivity contribution in [1.82, 2.24) is 0 Å². The van der Waals surface area contributed by atoms with Crippen LogP contribution >= 0.6 is 31.9 Å². The van der Waals surface area contributed by atoms with Crippen LogP contribution in [0.15, 0.2) is 21.1 Å². The molecule has 0 amide bonds. The van der Waals surface area contributed by atoms with Crippen molar-refractivity contribution in [2.24, 2.45) is 0 Å². The van der Waals surface area contributed by atoms with E-state index < -0.39 is 31.7 Å². The Bertz CT molecular complexity index is 696. The van der Waals surface area contributed by atoms with Gasteiger partial charge in [-0.3, -0.25) is 0 Å². The molecule has 8 nitrogen and oxygen atoms in total. The number of hydrogen-bond acceptors (Lipinski definition) is 8. The molecule has 1 rings (SSSR count). The molecule has 12 heteroatoms. The molecular formula is C12H14Br2O8S2-2. The Labute approximate surface area is 157 Å². The van der Waals surface area contributed by atoms with Crippen molar-refractivity contribution >= 4 is 52.1 Å². The summed E-state index contributed by atoms with van der Waals surface area (Å²) in [6, 6.07) is 3.16. The van der Waals surface area contributed by atoms with Crippen molar-refractivity contribution < 1.29 is 35.4 Å². The molecular weight excluding hydrogens is 496 g/mol. The van der Waals surface area contributed by atoms with Crippen LogP contribution in [0.5, 0.6) is 11.5 Å². The molecule has 0 saturated heterocycles. The fraction of sp³-hybridized carbons (Fsp3) is 0.500. The maximum atomic E-state index is 10.5. The van der Waals surface area contributed by atoms with Gasteiger partial charge in [0.1, 0.15) is 11.5 Å². The summed E-state index contributed by atoms with van der Waals surface area (Å²) in [5.74, 6) is -0.176. The summed E-state index contributed by atoms with van der Waals surface area (Å²) in [4.78, 5) is 0. The van der Waals surface area contributed by atoms with Crippen molar-refractivity contribution in [3.05, 3.63) is 21.1 Å². The predicted molar refractivity (Wildman–Crippen MR) is 91.2 cm³/mol. The Kier molecular flexibility index (Phi) is 8.42. The van der Waals surface area contributed by atoms with E-state index in [0.29, 0.717) is 20.4 Å². The SMILES string of the molecule is O=S(=O)([O-])CCCOc1cc(Br)c(OCCCS(=O)(=O)[O-])cc1Br. The third kappa shape index (κ3) is 9.18. The Morgan fingerprint density at radius 2 is 1.12 bits per heavy atom. The average Bonchev–Trinajstić information content (AvgIpc) is 2.41. The smallest absolute Gasteiger partial charge is 0.134 e. The molecule has 0 heterocycles. The maximum absolute atomic E-state index is 10.5. The molecule has 24 heavy (non-hydrogen) atoms. The first-order valence-electron chi connectivity index (χ1n) is 6.60. The Morgan fingerprint density at radius 3 is 1.42 bits per heavy atom. The number of hydrogen-bond donors (Lipinski definition) is 0. The molecule has 0 radical (unpaired) electrons. The molecule has 138 valence electrons. The second-order valence-electron chi connectivity index (χ2n) is 4.64. The lowest BCUT2D eigenvalue weighted by Gasteiger charge is -2.14. The molecule has 0 spiro atoms. The third-order valence-electron chi connectivity index (χ3n) is 2.58. The van der Waals surface area contributed by atoms with E-state index in [2.05, 4.69) is 31.9 Å². The fourth-order valence-corrected chi connectivity index (χ4v) is 3.38. The summed E-state index contributed by atoms with van der Waals surface area (Å²) in [5.41, 5.74) is 0. The highest BCUT2D eigenvalue weighted by molar-refractivity contribution is 9.11. The largest absolute Gasteiger partial charge is 0.748 e. The molecule has 0 N–H and O–H groups in total. The topological polar surface area (TPSA) is 133 Å². The lowest BCUT2D eigenvalue weighted by molar-refractivity contribution is 0.304. The van der Waals surface area contributed by atoms with Gasteiger partial charge in [-0.15, -0.1) is 0 Å². The van der Waals surface area contributed by atoms with E-state index in [-0.39, 0.29) is 26.1 Å². The van der Waals surface area contributed by atoms with E-state index in [1.807, 2.05) is 0 Å². The van der Waals surface area contributed by atoms with Crippen molar-refractivity contribution in [3.8, 4) is 11.5 Å². The van der Waals surface area contributed by atoms with Gasteiger partial charge in [-0.25, -0.2) is 16.8 Å². The number of halogens is 2. The van der Waals surface area contributed by atoms with E-state index in [9.17, 15) is 25.9 Å². The van der Waals surface area contributed by atoms with Crippen LogP contribution in [0.4, 0.5) is 0 Å². The van der Waals surface area contributed by atoms with E-state index >= 15 is 0 Å². The first-order chi connectivity index (χ1) is 11.0. The van der Waals surface area contributed by atoms with Crippen LogP contribution in [0.2, 0.25) is 0 Å². The van der Waals surface area contributed by atoms with Crippen LogP contribution in [-0.2, 0) is 20.2 Å². The molecule has 1 aromatic carbocycles.